The predicted octanol–water partition coefficient (Wildman–Crippen LogP) is 2.44. The number of benzene rings is 1. The molecule has 2 saturated heterocycles. The second kappa shape index (κ2) is 7.96. The highest BCUT2D eigenvalue weighted by molar-refractivity contribution is 5.90. The molecule has 3 heterocycles. The number of methoxy groups -OCH3 is 4. The van der Waals surface area contributed by atoms with E-state index in [4.69, 9.17) is 23.7 Å². The Balaban J connectivity index is 1.53. The molecule has 2 fully saturated rings. The maximum Gasteiger partial charge on any atom is 0.332 e. The van der Waals surface area contributed by atoms with Crippen LogP contribution in [0.1, 0.15) is 24.8 Å². The quantitative estimate of drug-likeness (QED) is 0.398. The Morgan fingerprint density at radius 1 is 1.06 bits per heavy atom. The molecule has 0 unspecified atom stereocenters. The van der Waals surface area contributed by atoms with Crippen LogP contribution < -0.4 is 9.47 Å². The van der Waals surface area contributed by atoms with Gasteiger partial charge in [-0.25, -0.2) is 4.79 Å². The SMILES string of the molecule is COc1cc(C#CC2=C[C@@H]3C[C@@]4(OC(=O)C=C24)[C@H]2CC[C@H](C(OC)OC)N32)cc(OC)c1. The summed E-state index contributed by atoms with van der Waals surface area (Å²) in [5.74, 6) is 7.58. The van der Waals surface area contributed by atoms with E-state index in [0.29, 0.717) is 11.5 Å². The molecule has 1 spiro atoms. The molecule has 0 N–H and O–H groups in total. The Morgan fingerprint density at radius 3 is 2.44 bits per heavy atom. The molecule has 32 heavy (non-hydrogen) atoms. The standard InChI is InChI=1S/C25H27NO6/c1-28-18-9-15(10-19(12-18)29-2)5-6-16-11-17-14-25(20(16)13-23(27)32-25)22-8-7-21(26(17)22)24(30-3)31-4/h9-13,17,21-22,24H,7-8,14H2,1-4H3/t17-,21-,22-,25+/m1/s1. The summed E-state index contributed by atoms with van der Waals surface area (Å²) in [5.41, 5.74) is 1.86. The van der Waals surface area contributed by atoms with Gasteiger partial charge in [0.25, 0.3) is 0 Å². The molecule has 5 rings (SSSR count). The van der Waals surface area contributed by atoms with Crippen molar-refractivity contribution in [3.63, 3.8) is 0 Å². The summed E-state index contributed by atoms with van der Waals surface area (Å²) in [5, 5.41) is 0. The van der Waals surface area contributed by atoms with Gasteiger partial charge in [0.15, 0.2) is 11.9 Å². The van der Waals surface area contributed by atoms with E-state index in [1.807, 2.05) is 18.2 Å². The van der Waals surface area contributed by atoms with Gasteiger partial charge in [0.05, 0.1) is 26.3 Å². The van der Waals surface area contributed by atoms with Crippen LogP contribution in [0.2, 0.25) is 0 Å². The van der Waals surface area contributed by atoms with E-state index >= 15 is 0 Å². The Hall–Kier alpha value is -2.79. The molecular weight excluding hydrogens is 410 g/mol. The molecule has 4 aliphatic rings. The van der Waals surface area contributed by atoms with Crippen LogP contribution in [0.5, 0.6) is 11.5 Å². The summed E-state index contributed by atoms with van der Waals surface area (Å²) in [6.45, 7) is 0. The molecule has 168 valence electrons. The first-order valence-corrected chi connectivity index (χ1v) is 10.8. The van der Waals surface area contributed by atoms with Crippen molar-refractivity contribution in [2.24, 2.45) is 0 Å². The Kier molecular flexibility index (Phi) is 5.25. The molecule has 0 radical (unpaired) electrons. The van der Waals surface area contributed by atoms with Crippen molar-refractivity contribution < 1.29 is 28.5 Å². The van der Waals surface area contributed by atoms with Gasteiger partial charge < -0.3 is 23.7 Å². The van der Waals surface area contributed by atoms with Gasteiger partial charge in [0.2, 0.25) is 0 Å². The zero-order chi connectivity index (χ0) is 22.5. The van der Waals surface area contributed by atoms with Crippen LogP contribution in [-0.4, -0.2) is 69.3 Å². The zero-order valence-electron chi connectivity index (χ0n) is 18.7. The molecule has 3 aliphatic heterocycles. The normalized spacial score (nSPS) is 30.2. The van der Waals surface area contributed by atoms with Crippen LogP contribution in [0.15, 0.2) is 41.5 Å². The first-order chi connectivity index (χ1) is 15.5. The highest BCUT2D eigenvalue weighted by atomic mass is 16.7. The van der Waals surface area contributed by atoms with Crippen molar-refractivity contribution in [2.45, 2.75) is 49.3 Å². The van der Waals surface area contributed by atoms with Crippen LogP contribution in [-0.2, 0) is 19.0 Å². The summed E-state index contributed by atoms with van der Waals surface area (Å²) in [6.07, 6.45) is 6.03. The van der Waals surface area contributed by atoms with E-state index in [9.17, 15) is 4.79 Å². The van der Waals surface area contributed by atoms with E-state index in [0.717, 1.165) is 36.0 Å². The molecule has 1 aromatic rings. The minimum Gasteiger partial charge on any atom is -0.497 e. The average Bonchev–Trinajstić information content (AvgIpc) is 3.46. The van der Waals surface area contributed by atoms with E-state index in [-0.39, 0.29) is 30.4 Å². The van der Waals surface area contributed by atoms with Crippen LogP contribution in [0.25, 0.3) is 0 Å². The number of ether oxygens (including phenoxy) is 5. The molecule has 2 bridgehead atoms. The van der Waals surface area contributed by atoms with Crippen molar-refractivity contribution in [3.05, 3.63) is 47.1 Å². The highest BCUT2D eigenvalue weighted by Gasteiger charge is 2.65. The monoisotopic (exact) mass is 437 g/mol. The van der Waals surface area contributed by atoms with Crippen molar-refractivity contribution >= 4 is 5.97 Å². The Morgan fingerprint density at radius 2 is 1.78 bits per heavy atom. The van der Waals surface area contributed by atoms with Crippen molar-refractivity contribution in [2.75, 3.05) is 28.4 Å². The number of hydrogen-bond acceptors (Lipinski definition) is 7. The van der Waals surface area contributed by atoms with Crippen molar-refractivity contribution in [1.82, 2.24) is 4.90 Å². The van der Waals surface area contributed by atoms with Gasteiger partial charge in [-0.2, -0.15) is 0 Å². The van der Waals surface area contributed by atoms with Crippen molar-refractivity contribution in [3.8, 4) is 23.3 Å². The number of fused-ring (bicyclic) bond motifs is 3. The molecule has 1 aliphatic carbocycles. The van der Waals surface area contributed by atoms with Crippen LogP contribution in [0.4, 0.5) is 0 Å². The topological polar surface area (TPSA) is 66.5 Å². The number of esters is 1. The maximum atomic E-state index is 12.4. The van der Waals surface area contributed by atoms with Gasteiger partial charge in [0.1, 0.15) is 11.5 Å². The summed E-state index contributed by atoms with van der Waals surface area (Å²) >= 11 is 0. The zero-order valence-corrected chi connectivity index (χ0v) is 18.7. The third-order valence-corrected chi connectivity index (χ3v) is 7.03. The highest BCUT2D eigenvalue weighted by Crippen LogP contribution is 2.56. The Labute approximate surface area is 187 Å². The molecule has 4 atom stereocenters. The fraction of sp³-hybridized carbons (Fsp3) is 0.480. The van der Waals surface area contributed by atoms with E-state index < -0.39 is 5.60 Å². The third kappa shape index (κ3) is 3.14. The lowest BCUT2D eigenvalue weighted by molar-refractivity contribution is -0.151. The number of carbonyl (C=O) groups is 1. The molecule has 0 saturated carbocycles. The molecule has 0 amide bonds. The lowest BCUT2D eigenvalue weighted by Gasteiger charge is -2.33. The Bertz CT molecular complexity index is 1040. The summed E-state index contributed by atoms with van der Waals surface area (Å²) in [7, 11) is 6.55. The van der Waals surface area contributed by atoms with Gasteiger partial charge in [-0.15, -0.1) is 0 Å². The van der Waals surface area contributed by atoms with E-state index in [2.05, 4.69) is 22.8 Å². The number of carbonyl (C=O) groups excluding carboxylic acids is 1. The summed E-state index contributed by atoms with van der Waals surface area (Å²) in [4.78, 5) is 14.8. The summed E-state index contributed by atoms with van der Waals surface area (Å²) in [6, 6.07) is 5.84. The van der Waals surface area contributed by atoms with E-state index in [1.54, 1.807) is 34.5 Å². The molecule has 7 nitrogen and oxygen atoms in total. The van der Waals surface area contributed by atoms with Gasteiger partial charge in [-0.3, -0.25) is 4.90 Å². The minimum absolute atomic E-state index is 0.0930. The lowest BCUT2D eigenvalue weighted by Crippen LogP contribution is -2.48. The number of nitrogens with zero attached hydrogens (tertiary/aromatic N) is 1. The first-order valence-electron chi connectivity index (χ1n) is 10.8. The number of rotatable bonds is 5. The third-order valence-electron chi connectivity index (χ3n) is 7.03. The van der Waals surface area contributed by atoms with Crippen molar-refractivity contribution in [1.29, 1.82) is 0 Å². The second-order valence-corrected chi connectivity index (χ2v) is 8.52. The molecule has 7 heteroatoms. The van der Waals surface area contributed by atoms with E-state index in [1.165, 1.54) is 0 Å². The second-order valence-electron chi connectivity index (χ2n) is 8.52. The fourth-order valence-electron chi connectivity index (χ4n) is 5.81. The van der Waals surface area contributed by atoms with Crippen LogP contribution in [0, 0.1) is 11.8 Å². The minimum atomic E-state index is -0.645. The van der Waals surface area contributed by atoms with Gasteiger partial charge in [-0.05, 0) is 25.0 Å². The molecule has 0 aromatic heterocycles. The fourth-order valence-corrected chi connectivity index (χ4v) is 5.81. The lowest BCUT2D eigenvalue weighted by atomic mass is 9.77. The van der Waals surface area contributed by atoms with Gasteiger partial charge in [-0.1, -0.05) is 17.9 Å². The predicted molar refractivity (Wildman–Crippen MR) is 116 cm³/mol. The summed E-state index contributed by atoms with van der Waals surface area (Å²) < 4.78 is 27.9. The average molecular weight is 437 g/mol. The largest absolute Gasteiger partial charge is 0.497 e. The maximum absolute atomic E-state index is 12.4. The van der Waals surface area contributed by atoms with Crippen LogP contribution >= 0.6 is 0 Å². The smallest absolute Gasteiger partial charge is 0.332 e. The molecule has 1 aromatic carbocycles. The first kappa shape index (κ1) is 21.1. The number of hydrogen-bond donors (Lipinski definition) is 0. The molecular formula is C25H27NO6. The van der Waals surface area contributed by atoms with Crippen LogP contribution in [0.3, 0.4) is 0 Å². The van der Waals surface area contributed by atoms with Gasteiger partial charge in [0, 0.05) is 55.5 Å². The van der Waals surface area contributed by atoms with Gasteiger partial charge >= 0.3 is 5.97 Å².